The summed E-state index contributed by atoms with van der Waals surface area (Å²) >= 11 is 0. The van der Waals surface area contributed by atoms with Gasteiger partial charge in [-0.3, -0.25) is 4.57 Å². The average Bonchev–Trinajstić information content (AvgIpc) is 2.26. The van der Waals surface area contributed by atoms with E-state index >= 15 is 0 Å². The minimum absolute atomic E-state index is 0.0862. The van der Waals surface area contributed by atoms with Crippen molar-refractivity contribution in [1.82, 2.24) is 0 Å². The molecule has 0 saturated heterocycles. The molecule has 1 unspecified atom stereocenters. The van der Waals surface area contributed by atoms with Crippen molar-refractivity contribution >= 4 is 7.60 Å². The number of aliphatic hydroxyl groups is 1. The van der Waals surface area contributed by atoms with E-state index in [1.807, 2.05) is 30.3 Å². The highest BCUT2D eigenvalue weighted by molar-refractivity contribution is 7.52. The molecule has 5 N–H and O–H groups in total. The summed E-state index contributed by atoms with van der Waals surface area (Å²) in [5, 5.41) is 9.21. The van der Waals surface area contributed by atoms with E-state index in [1.165, 1.54) is 0 Å². The predicted molar refractivity (Wildman–Crippen MR) is 65.4 cm³/mol. The van der Waals surface area contributed by atoms with Crippen LogP contribution in [-0.4, -0.2) is 26.8 Å². The molecule has 0 aliphatic heterocycles. The zero-order valence-electron chi connectivity index (χ0n) is 9.44. The standard InChI is InChI=1S/C11H18NO4P/c12-10(8-11(13)17(14,15)16)7-6-9-4-2-1-3-5-9/h1-5,10-11,13H,6-8,12H2,(H2,14,15,16)/t10-,11?/m1/s1. The molecular weight excluding hydrogens is 241 g/mol. The van der Waals surface area contributed by atoms with Crippen molar-refractivity contribution in [1.29, 1.82) is 0 Å². The minimum Gasteiger partial charge on any atom is -0.380 e. The van der Waals surface area contributed by atoms with Crippen LogP contribution in [0.4, 0.5) is 0 Å². The Balaban J connectivity index is 2.36. The molecule has 0 aliphatic rings. The van der Waals surface area contributed by atoms with E-state index in [4.69, 9.17) is 15.5 Å². The van der Waals surface area contributed by atoms with Crippen molar-refractivity contribution < 1.29 is 19.5 Å². The van der Waals surface area contributed by atoms with E-state index in [0.29, 0.717) is 6.42 Å². The van der Waals surface area contributed by atoms with Crippen molar-refractivity contribution in [2.24, 2.45) is 5.73 Å². The molecule has 17 heavy (non-hydrogen) atoms. The number of aryl methyl sites for hydroxylation is 1. The number of aliphatic hydroxyl groups excluding tert-OH is 1. The van der Waals surface area contributed by atoms with Crippen LogP contribution < -0.4 is 5.73 Å². The summed E-state index contributed by atoms with van der Waals surface area (Å²) in [4.78, 5) is 17.5. The molecule has 2 atom stereocenters. The van der Waals surface area contributed by atoms with E-state index in [2.05, 4.69) is 0 Å². The van der Waals surface area contributed by atoms with Crippen molar-refractivity contribution in [2.45, 2.75) is 31.1 Å². The Bertz CT molecular complexity index is 378. The number of hydrogen-bond acceptors (Lipinski definition) is 3. The molecule has 0 aromatic heterocycles. The van der Waals surface area contributed by atoms with Crippen LogP contribution in [0, 0.1) is 0 Å². The van der Waals surface area contributed by atoms with Gasteiger partial charge in [0.25, 0.3) is 0 Å². The van der Waals surface area contributed by atoms with Crippen molar-refractivity contribution in [3.05, 3.63) is 35.9 Å². The second kappa shape index (κ2) is 6.28. The summed E-state index contributed by atoms with van der Waals surface area (Å²) in [6.45, 7) is 0. The molecule has 6 heteroatoms. The van der Waals surface area contributed by atoms with E-state index in [1.54, 1.807) is 0 Å². The van der Waals surface area contributed by atoms with Gasteiger partial charge in [0.2, 0.25) is 0 Å². The molecule has 0 bridgehead atoms. The van der Waals surface area contributed by atoms with Crippen LogP contribution in [0.1, 0.15) is 18.4 Å². The molecule has 0 amide bonds. The van der Waals surface area contributed by atoms with Crippen LogP contribution in [0.3, 0.4) is 0 Å². The first kappa shape index (κ1) is 14.4. The van der Waals surface area contributed by atoms with Crippen LogP contribution in [0.2, 0.25) is 0 Å². The highest BCUT2D eigenvalue weighted by atomic mass is 31.2. The van der Waals surface area contributed by atoms with Crippen molar-refractivity contribution in [2.75, 3.05) is 0 Å². The topological polar surface area (TPSA) is 104 Å². The lowest BCUT2D eigenvalue weighted by molar-refractivity contribution is 0.184. The zero-order valence-corrected chi connectivity index (χ0v) is 10.3. The highest BCUT2D eigenvalue weighted by Gasteiger charge is 2.27. The van der Waals surface area contributed by atoms with Gasteiger partial charge in [0.15, 0.2) is 5.85 Å². The second-order valence-electron chi connectivity index (χ2n) is 4.09. The molecule has 96 valence electrons. The molecule has 0 fully saturated rings. The first-order chi connectivity index (χ1) is 7.89. The Hall–Kier alpha value is -0.710. The van der Waals surface area contributed by atoms with Gasteiger partial charge >= 0.3 is 7.60 Å². The maximum Gasteiger partial charge on any atom is 0.353 e. The molecule has 0 spiro atoms. The Labute approximate surface area is 100 Å². The van der Waals surface area contributed by atoms with Crippen LogP contribution in [-0.2, 0) is 11.0 Å². The molecule has 1 aromatic carbocycles. The normalized spacial score (nSPS) is 15.5. The summed E-state index contributed by atoms with van der Waals surface area (Å²) < 4.78 is 10.7. The number of nitrogens with two attached hydrogens (primary N) is 1. The monoisotopic (exact) mass is 259 g/mol. The Morgan fingerprint density at radius 3 is 2.35 bits per heavy atom. The lowest BCUT2D eigenvalue weighted by Gasteiger charge is -2.17. The van der Waals surface area contributed by atoms with E-state index in [-0.39, 0.29) is 6.42 Å². The van der Waals surface area contributed by atoms with Gasteiger partial charge in [0.1, 0.15) is 0 Å². The fourth-order valence-corrected chi connectivity index (χ4v) is 2.07. The fourth-order valence-electron chi connectivity index (χ4n) is 1.52. The largest absolute Gasteiger partial charge is 0.380 e. The lowest BCUT2D eigenvalue weighted by atomic mass is 10.0. The minimum atomic E-state index is -4.43. The van der Waals surface area contributed by atoms with Gasteiger partial charge in [-0.2, -0.15) is 0 Å². The third-order valence-electron chi connectivity index (χ3n) is 2.55. The molecule has 0 saturated carbocycles. The third-order valence-corrected chi connectivity index (χ3v) is 3.54. The Morgan fingerprint density at radius 2 is 1.82 bits per heavy atom. The van der Waals surface area contributed by atoms with Crippen LogP contribution >= 0.6 is 7.60 Å². The van der Waals surface area contributed by atoms with E-state index in [9.17, 15) is 9.67 Å². The number of benzene rings is 1. The first-order valence-corrected chi connectivity index (χ1v) is 7.10. The van der Waals surface area contributed by atoms with Gasteiger partial charge in [-0.1, -0.05) is 30.3 Å². The smallest absolute Gasteiger partial charge is 0.353 e. The summed E-state index contributed by atoms with van der Waals surface area (Å²) in [5.41, 5.74) is 6.83. The van der Waals surface area contributed by atoms with Crippen LogP contribution in [0.25, 0.3) is 0 Å². The quantitative estimate of drug-likeness (QED) is 0.566. The molecule has 0 aliphatic carbocycles. The molecule has 0 heterocycles. The van der Waals surface area contributed by atoms with Gasteiger partial charge in [0.05, 0.1) is 0 Å². The lowest BCUT2D eigenvalue weighted by Crippen LogP contribution is -2.26. The fraction of sp³-hybridized carbons (Fsp3) is 0.455. The zero-order chi connectivity index (χ0) is 12.9. The van der Waals surface area contributed by atoms with Gasteiger partial charge < -0.3 is 20.6 Å². The molecule has 5 nitrogen and oxygen atoms in total. The number of rotatable bonds is 6. The van der Waals surface area contributed by atoms with Gasteiger partial charge in [-0.25, -0.2) is 0 Å². The SMILES string of the molecule is N[C@H](CCc1ccccc1)CC(O)P(=O)(O)O. The molecule has 1 rings (SSSR count). The summed E-state index contributed by atoms with van der Waals surface area (Å²) in [6.07, 6.45) is 1.23. The summed E-state index contributed by atoms with van der Waals surface area (Å²) in [5.74, 6) is -1.66. The average molecular weight is 259 g/mol. The molecular formula is C11H18NO4P. The van der Waals surface area contributed by atoms with Crippen LogP contribution in [0.15, 0.2) is 30.3 Å². The van der Waals surface area contributed by atoms with Gasteiger partial charge in [0, 0.05) is 12.5 Å². The van der Waals surface area contributed by atoms with Gasteiger partial charge in [-0.15, -0.1) is 0 Å². The molecule has 0 radical (unpaired) electrons. The van der Waals surface area contributed by atoms with E-state index < -0.39 is 19.5 Å². The maximum absolute atomic E-state index is 10.7. The number of hydrogen-bond donors (Lipinski definition) is 4. The Kier molecular flexibility index (Phi) is 5.31. The van der Waals surface area contributed by atoms with Crippen molar-refractivity contribution in [3.8, 4) is 0 Å². The van der Waals surface area contributed by atoms with Crippen LogP contribution in [0.5, 0.6) is 0 Å². The van der Waals surface area contributed by atoms with E-state index in [0.717, 1.165) is 12.0 Å². The summed E-state index contributed by atoms with van der Waals surface area (Å²) in [6, 6.07) is 9.27. The summed E-state index contributed by atoms with van der Waals surface area (Å²) in [7, 11) is -4.43. The predicted octanol–water partition coefficient (Wildman–Crippen LogP) is 0.833. The third kappa shape index (κ3) is 5.44. The maximum atomic E-state index is 10.7. The molecule has 1 aromatic rings. The van der Waals surface area contributed by atoms with Gasteiger partial charge in [-0.05, 0) is 18.4 Å². The Morgan fingerprint density at radius 1 is 1.24 bits per heavy atom. The first-order valence-electron chi connectivity index (χ1n) is 5.42. The van der Waals surface area contributed by atoms with Crippen molar-refractivity contribution in [3.63, 3.8) is 0 Å². The second-order valence-corrected chi connectivity index (χ2v) is 5.86. The highest BCUT2D eigenvalue weighted by Crippen LogP contribution is 2.41.